The highest BCUT2D eigenvalue weighted by molar-refractivity contribution is 9.10. The second-order valence-electron chi connectivity index (χ2n) is 5.66. The van der Waals surface area contributed by atoms with E-state index in [2.05, 4.69) is 81.2 Å². The van der Waals surface area contributed by atoms with Crippen LogP contribution in [0, 0.1) is 6.92 Å². The van der Waals surface area contributed by atoms with Gasteiger partial charge < -0.3 is 4.74 Å². The van der Waals surface area contributed by atoms with E-state index in [0.717, 1.165) is 23.9 Å². The molecule has 0 amide bonds. The van der Waals surface area contributed by atoms with Crippen molar-refractivity contribution >= 4 is 31.9 Å². The molecule has 0 saturated carbocycles. The largest absolute Gasteiger partial charge is 0.490 e. The second kappa shape index (κ2) is 6.53. The normalized spacial score (nSPS) is 18.1. The lowest BCUT2D eigenvalue weighted by Gasteiger charge is -2.20. The van der Waals surface area contributed by atoms with Gasteiger partial charge in [-0.05, 0) is 42.5 Å². The Balaban J connectivity index is 1.74. The van der Waals surface area contributed by atoms with Crippen molar-refractivity contribution in [3.63, 3.8) is 0 Å². The first-order valence-electron chi connectivity index (χ1n) is 7.24. The van der Waals surface area contributed by atoms with Crippen molar-refractivity contribution in [2.75, 3.05) is 5.33 Å². The van der Waals surface area contributed by atoms with E-state index in [1.54, 1.807) is 0 Å². The van der Waals surface area contributed by atoms with E-state index in [4.69, 9.17) is 4.74 Å². The first-order chi connectivity index (χ1) is 10.2. The number of rotatable bonds is 4. The standard InChI is InChI=1S/C18H18Br2O/c1-12-6-7-18-13(8-12)9-15(21-18)10-14(11-19)16-4-2-3-5-17(16)20/h2-8,14-15H,9-11H2,1H3. The highest BCUT2D eigenvalue weighted by Crippen LogP contribution is 2.36. The Morgan fingerprint density at radius 2 is 2.05 bits per heavy atom. The minimum Gasteiger partial charge on any atom is -0.490 e. The average molecular weight is 410 g/mol. The van der Waals surface area contributed by atoms with Crippen molar-refractivity contribution in [2.24, 2.45) is 0 Å². The summed E-state index contributed by atoms with van der Waals surface area (Å²) in [6, 6.07) is 14.9. The first kappa shape index (κ1) is 15.1. The third-order valence-corrected chi connectivity index (χ3v) is 5.54. The van der Waals surface area contributed by atoms with Gasteiger partial charge >= 0.3 is 0 Å². The zero-order valence-corrected chi connectivity index (χ0v) is 15.2. The molecule has 3 rings (SSSR count). The van der Waals surface area contributed by atoms with Crippen molar-refractivity contribution in [3.05, 3.63) is 63.6 Å². The van der Waals surface area contributed by atoms with E-state index < -0.39 is 0 Å². The van der Waals surface area contributed by atoms with Crippen LogP contribution < -0.4 is 4.74 Å². The van der Waals surface area contributed by atoms with Crippen LogP contribution in [0.3, 0.4) is 0 Å². The smallest absolute Gasteiger partial charge is 0.123 e. The molecule has 2 unspecified atom stereocenters. The molecule has 0 saturated heterocycles. The number of halogens is 2. The lowest BCUT2D eigenvalue weighted by atomic mass is 9.93. The highest BCUT2D eigenvalue weighted by atomic mass is 79.9. The van der Waals surface area contributed by atoms with Gasteiger partial charge in [-0.2, -0.15) is 0 Å². The summed E-state index contributed by atoms with van der Waals surface area (Å²) in [5.74, 6) is 1.52. The fourth-order valence-electron chi connectivity index (χ4n) is 2.98. The van der Waals surface area contributed by atoms with Crippen molar-refractivity contribution in [2.45, 2.75) is 31.8 Å². The van der Waals surface area contributed by atoms with Crippen molar-refractivity contribution in [1.82, 2.24) is 0 Å². The number of alkyl halides is 1. The average Bonchev–Trinajstić information content (AvgIpc) is 2.87. The molecule has 0 fully saturated rings. The van der Waals surface area contributed by atoms with E-state index in [9.17, 15) is 0 Å². The summed E-state index contributed by atoms with van der Waals surface area (Å²) in [7, 11) is 0. The highest BCUT2D eigenvalue weighted by Gasteiger charge is 2.26. The SMILES string of the molecule is Cc1ccc2c(c1)CC(CC(CBr)c1ccccc1Br)O2. The molecule has 1 heterocycles. The third-order valence-electron chi connectivity index (χ3n) is 4.04. The summed E-state index contributed by atoms with van der Waals surface area (Å²) >= 11 is 7.33. The summed E-state index contributed by atoms with van der Waals surface area (Å²) in [5.41, 5.74) is 4.01. The summed E-state index contributed by atoms with van der Waals surface area (Å²) in [4.78, 5) is 0. The van der Waals surface area contributed by atoms with E-state index >= 15 is 0 Å². The number of aryl methyl sites for hydroxylation is 1. The monoisotopic (exact) mass is 408 g/mol. The van der Waals surface area contributed by atoms with Gasteiger partial charge in [-0.3, -0.25) is 0 Å². The summed E-state index contributed by atoms with van der Waals surface area (Å²) < 4.78 is 7.30. The van der Waals surface area contributed by atoms with Gasteiger partial charge in [0.15, 0.2) is 0 Å². The number of hydrogen-bond acceptors (Lipinski definition) is 1. The fourth-order valence-corrected chi connectivity index (χ4v) is 4.20. The molecule has 21 heavy (non-hydrogen) atoms. The maximum Gasteiger partial charge on any atom is 0.123 e. The maximum absolute atomic E-state index is 6.12. The lowest BCUT2D eigenvalue weighted by molar-refractivity contribution is 0.213. The van der Waals surface area contributed by atoms with E-state index in [-0.39, 0.29) is 6.10 Å². The van der Waals surface area contributed by atoms with Crippen LogP contribution in [-0.2, 0) is 6.42 Å². The minimum atomic E-state index is 0.274. The van der Waals surface area contributed by atoms with Crippen LogP contribution >= 0.6 is 31.9 Å². The summed E-state index contributed by atoms with van der Waals surface area (Å²) in [6.07, 6.45) is 2.32. The number of ether oxygens (including phenoxy) is 1. The second-order valence-corrected chi connectivity index (χ2v) is 7.17. The quantitative estimate of drug-likeness (QED) is 0.594. The topological polar surface area (TPSA) is 9.23 Å². The predicted molar refractivity (Wildman–Crippen MR) is 94.6 cm³/mol. The summed E-state index contributed by atoms with van der Waals surface area (Å²) in [5, 5.41) is 0.949. The Labute approximate surface area is 143 Å². The van der Waals surface area contributed by atoms with Crippen LogP contribution in [0.4, 0.5) is 0 Å². The molecule has 3 heteroatoms. The molecule has 0 spiro atoms. The van der Waals surface area contributed by atoms with E-state index in [1.807, 2.05) is 0 Å². The molecule has 110 valence electrons. The Morgan fingerprint density at radius 1 is 1.24 bits per heavy atom. The van der Waals surface area contributed by atoms with Crippen LogP contribution in [0.15, 0.2) is 46.9 Å². The van der Waals surface area contributed by atoms with Gasteiger partial charge in [-0.1, -0.05) is 67.8 Å². The molecule has 2 atom stereocenters. The third kappa shape index (κ3) is 3.35. The zero-order chi connectivity index (χ0) is 14.8. The van der Waals surface area contributed by atoms with Crippen LogP contribution in [0.5, 0.6) is 5.75 Å². The molecule has 0 N–H and O–H groups in total. The van der Waals surface area contributed by atoms with Crippen molar-refractivity contribution in [3.8, 4) is 5.75 Å². The fraction of sp³-hybridized carbons (Fsp3) is 0.333. The molecule has 1 aliphatic heterocycles. The predicted octanol–water partition coefficient (Wildman–Crippen LogP) is 5.63. The molecule has 2 aromatic rings. The van der Waals surface area contributed by atoms with Crippen LogP contribution in [0.1, 0.15) is 29.0 Å². The first-order valence-corrected chi connectivity index (χ1v) is 9.15. The Hall–Kier alpha value is -0.800. The molecular weight excluding hydrogens is 392 g/mol. The number of benzene rings is 2. The number of hydrogen-bond donors (Lipinski definition) is 0. The van der Waals surface area contributed by atoms with Crippen LogP contribution in [-0.4, -0.2) is 11.4 Å². The van der Waals surface area contributed by atoms with Crippen LogP contribution in [0.25, 0.3) is 0 Å². The minimum absolute atomic E-state index is 0.274. The van der Waals surface area contributed by atoms with Crippen molar-refractivity contribution < 1.29 is 4.74 Å². The van der Waals surface area contributed by atoms with Crippen molar-refractivity contribution in [1.29, 1.82) is 0 Å². The van der Waals surface area contributed by atoms with Gasteiger partial charge in [0.2, 0.25) is 0 Å². The Bertz CT molecular complexity index is 639. The van der Waals surface area contributed by atoms with E-state index in [0.29, 0.717) is 5.92 Å². The Kier molecular flexibility index (Phi) is 4.70. The van der Waals surface area contributed by atoms with Gasteiger partial charge in [0.25, 0.3) is 0 Å². The van der Waals surface area contributed by atoms with Gasteiger partial charge in [-0.25, -0.2) is 0 Å². The molecule has 0 bridgehead atoms. The molecule has 0 aliphatic carbocycles. The van der Waals surface area contributed by atoms with E-state index in [1.165, 1.54) is 21.2 Å². The molecule has 0 aromatic heterocycles. The number of fused-ring (bicyclic) bond motifs is 1. The summed E-state index contributed by atoms with van der Waals surface area (Å²) in [6.45, 7) is 2.13. The Morgan fingerprint density at radius 3 is 2.81 bits per heavy atom. The molecule has 1 aliphatic rings. The molecule has 0 radical (unpaired) electrons. The molecular formula is C18H18Br2O. The van der Waals surface area contributed by atoms with Gasteiger partial charge in [0, 0.05) is 16.2 Å². The van der Waals surface area contributed by atoms with Gasteiger partial charge in [0.05, 0.1) is 0 Å². The molecule has 2 aromatic carbocycles. The van der Waals surface area contributed by atoms with Gasteiger partial charge in [0.1, 0.15) is 11.9 Å². The zero-order valence-electron chi connectivity index (χ0n) is 12.0. The lowest BCUT2D eigenvalue weighted by Crippen LogP contribution is -2.18. The van der Waals surface area contributed by atoms with Crippen LogP contribution in [0.2, 0.25) is 0 Å². The maximum atomic E-state index is 6.12. The van der Waals surface area contributed by atoms with Gasteiger partial charge in [-0.15, -0.1) is 0 Å². The molecule has 1 nitrogen and oxygen atoms in total.